The van der Waals surface area contributed by atoms with E-state index in [1.807, 2.05) is 0 Å². The zero-order valence-electron chi connectivity index (χ0n) is 17.9. The molecular weight excluding hydrogens is 340 g/mol. The number of rotatable bonds is 19. The van der Waals surface area contributed by atoms with Crippen LogP contribution in [0.15, 0.2) is 24.3 Å². The van der Waals surface area contributed by atoms with Gasteiger partial charge in [-0.05, 0) is 38.5 Å². The molecule has 0 spiro atoms. The number of carbonyl (C=O) groups is 1. The first-order valence-corrected chi connectivity index (χ1v) is 10.7. The van der Waals surface area contributed by atoms with Gasteiger partial charge in [0.2, 0.25) is 0 Å². The van der Waals surface area contributed by atoms with Gasteiger partial charge < -0.3 is 14.2 Å². The van der Waals surface area contributed by atoms with Crippen molar-refractivity contribution in [2.24, 2.45) is 0 Å². The van der Waals surface area contributed by atoms with Crippen LogP contribution in [0.3, 0.4) is 0 Å². The van der Waals surface area contributed by atoms with E-state index < -0.39 is 0 Å². The second kappa shape index (κ2) is 21.2. The van der Waals surface area contributed by atoms with Gasteiger partial charge in [-0.25, -0.2) is 0 Å². The predicted molar refractivity (Wildman–Crippen MR) is 113 cm³/mol. The molecule has 0 unspecified atom stereocenters. The Kier molecular flexibility index (Phi) is 20.3. The summed E-state index contributed by atoms with van der Waals surface area (Å²) in [7, 11) is 3.19. The molecule has 0 N–H and O–H groups in total. The summed E-state index contributed by atoms with van der Waals surface area (Å²) >= 11 is 0. The molecule has 27 heavy (non-hydrogen) atoms. The lowest BCUT2D eigenvalue weighted by molar-refractivity contribution is -0.154. The Morgan fingerprint density at radius 3 is 1.93 bits per heavy atom. The molecule has 0 aromatic carbocycles. The Bertz CT molecular complexity index is 371. The third-order valence-electron chi connectivity index (χ3n) is 4.33. The summed E-state index contributed by atoms with van der Waals surface area (Å²) in [6.45, 7) is 2.99. The zero-order chi connectivity index (χ0) is 20.0. The molecule has 0 radical (unpaired) electrons. The maximum Gasteiger partial charge on any atom is 0.306 e. The number of methoxy groups -OCH3 is 2. The van der Waals surface area contributed by atoms with Gasteiger partial charge in [-0.2, -0.15) is 0 Å². The molecule has 0 aliphatic carbocycles. The summed E-state index contributed by atoms with van der Waals surface area (Å²) in [6, 6.07) is 0. The molecule has 0 rings (SSSR count). The highest BCUT2D eigenvalue weighted by Crippen LogP contribution is 2.09. The van der Waals surface area contributed by atoms with Crippen LogP contribution >= 0.6 is 0 Å². The van der Waals surface area contributed by atoms with Crippen molar-refractivity contribution in [3.05, 3.63) is 24.3 Å². The lowest BCUT2D eigenvalue weighted by Crippen LogP contribution is -2.27. The van der Waals surface area contributed by atoms with Gasteiger partial charge in [0.15, 0.2) is 0 Å². The van der Waals surface area contributed by atoms with Gasteiger partial charge in [0.25, 0.3) is 0 Å². The van der Waals surface area contributed by atoms with Gasteiger partial charge in [0.1, 0.15) is 6.10 Å². The molecule has 0 aliphatic heterocycles. The van der Waals surface area contributed by atoms with Crippen molar-refractivity contribution in [1.82, 2.24) is 0 Å². The van der Waals surface area contributed by atoms with Crippen molar-refractivity contribution in [3.8, 4) is 0 Å². The third kappa shape index (κ3) is 19.4. The van der Waals surface area contributed by atoms with Gasteiger partial charge in [-0.1, -0.05) is 63.3 Å². The van der Waals surface area contributed by atoms with Crippen molar-refractivity contribution < 1.29 is 19.0 Å². The monoisotopic (exact) mass is 382 g/mol. The molecule has 0 bridgehead atoms. The largest absolute Gasteiger partial charge is 0.457 e. The standard InChI is InChI=1S/C23H42O4/c1-4-5-6-7-8-9-10-11-12-13-14-15-16-17-18-19-23(24)27-22(20-25-2)21-26-3/h8-9,11-12,22H,4-7,10,13-21H2,1-3H3/b9-8-,12-11-. The molecule has 0 saturated carbocycles. The Hall–Kier alpha value is -1.13. The fourth-order valence-corrected chi connectivity index (χ4v) is 2.81. The second-order valence-corrected chi connectivity index (χ2v) is 7.00. The summed E-state index contributed by atoms with van der Waals surface area (Å²) in [5.74, 6) is -0.153. The first kappa shape index (κ1) is 25.9. The van der Waals surface area contributed by atoms with Crippen LogP contribution in [-0.4, -0.2) is 39.5 Å². The van der Waals surface area contributed by atoms with E-state index in [9.17, 15) is 4.79 Å². The highest BCUT2D eigenvalue weighted by atomic mass is 16.6. The molecule has 0 saturated heterocycles. The highest BCUT2D eigenvalue weighted by molar-refractivity contribution is 5.69. The maximum absolute atomic E-state index is 11.8. The van der Waals surface area contributed by atoms with Crippen LogP contribution in [0.2, 0.25) is 0 Å². The fourth-order valence-electron chi connectivity index (χ4n) is 2.81. The number of esters is 1. The van der Waals surface area contributed by atoms with E-state index in [0.717, 1.165) is 25.7 Å². The average molecular weight is 383 g/mol. The van der Waals surface area contributed by atoms with Gasteiger partial charge >= 0.3 is 5.97 Å². The van der Waals surface area contributed by atoms with Crippen LogP contribution in [0.25, 0.3) is 0 Å². The quantitative estimate of drug-likeness (QED) is 0.156. The topological polar surface area (TPSA) is 44.8 Å². The molecule has 158 valence electrons. The van der Waals surface area contributed by atoms with Gasteiger partial charge in [-0.15, -0.1) is 0 Å². The minimum absolute atomic E-state index is 0.153. The van der Waals surface area contributed by atoms with E-state index >= 15 is 0 Å². The number of hydrogen-bond acceptors (Lipinski definition) is 4. The zero-order valence-corrected chi connectivity index (χ0v) is 17.9. The average Bonchev–Trinajstić information content (AvgIpc) is 2.65. The highest BCUT2D eigenvalue weighted by Gasteiger charge is 2.13. The van der Waals surface area contributed by atoms with Crippen molar-refractivity contribution in [2.45, 2.75) is 90.1 Å². The molecule has 0 aromatic rings. The number of hydrogen-bond donors (Lipinski definition) is 0. The summed E-state index contributed by atoms with van der Waals surface area (Å²) in [4.78, 5) is 11.8. The van der Waals surface area contributed by atoms with Crippen molar-refractivity contribution in [2.75, 3.05) is 27.4 Å². The minimum Gasteiger partial charge on any atom is -0.457 e. The van der Waals surface area contributed by atoms with Gasteiger partial charge in [0, 0.05) is 20.6 Å². The third-order valence-corrected chi connectivity index (χ3v) is 4.33. The normalized spacial score (nSPS) is 11.9. The van der Waals surface area contributed by atoms with E-state index in [1.54, 1.807) is 14.2 Å². The summed E-state index contributed by atoms with van der Waals surface area (Å²) in [5, 5.41) is 0. The van der Waals surface area contributed by atoms with Crippen molar-refractivity contribution in [1.29, 1.82) is 0 Å². The van der Waals surface area contributed by atoms with E-state index in [0.29, 0.717) is 19.6 Å². The Morgan fingerprint density at radius 1 is 0.778 bits per heavy atom. The lowest BCUT2D eigenvalue weighted by atomic mass is 10.1. The maximum atomic E-state index is 11.8. The molecule has 0 heterocycles. The van der Waals surface area contributed by atoms with Crippen LogP contribution in [0.4, 0.5) is 0 Å². The number of unbranched alkanes of at least 4 members (excludes halogenated alkanes) is 8. The number of allylic oxidation sites excluding steroid dienone is 4. The van der Waals surface area contributed by atoms with Crippen molar-refractivity contribution in [3.63, 3.8) is 0 Å². The van der Waals surface area contributed by atoms with Crippen LogP contribution in [0.5, 0.6) is 0 Å². The molecule has 0 aliphatic rings. The second-order valence-electron chi connectivity index (χ2n) is 7.00. The van der Waals surface area contributed by atoms with Crippen LogP contribution in [0, 0.1) is 0 Å². The summed E-state index contributed by atoms with van der Waals surface area (Å²) < 4.78 is 15.4. The summed E-state index contributed by atoms with van der Waals surface area (Å²) in [5.41, 5.74) is 0. The van der Waals surface area contributed by atoms with E-state index in [4.69, 9.17) is 14.2 Å². The van der Waals surface area contributed by atoms with Crippen LogP contribution in [0.1, 0.15) is 84.0 Å². The Balaban J connectivity index is 3.45. The molecule has 4 nitrogen and oxygen atoms in total. The predicted octanol–water partition coefficient (Wildman–Crippen LogP) is 6.00. The van der Waals surface area contributed by atoms with Gasteiger partial charge in [0.05, 0.1) is 13.2 Å². The summed E-state index contributed by atoms with van der Waals surface area (Å²) in [6.07, 6.45) is 22.3. The Morgan fingerprint density at radius 2 is 1.33 bits per heavy atom. The molecule has 0 atom stereocenters. The SMILES string of the molecule is CCCCC/C=C\C/C=C\CCCCCCCC(=O)OC(COC)COC. The smallest absolute Gasteiger partial charge is 0.306 e. The van der Waals surface area contributed by atoms with E-state index in [-0.39, 0.29) is 12.1 Å². The molecule has 4 heteroatoms. The van der Waals surface area contributed by atoms with Crippen LogP contribution in [-0.2, 0) is 19.0 Å². The van der Waals surface area contributed by atoms with Crippen molar-refractivity contribution >= 4 is 5.97 Å². The fraction of sp³-hybridized carbons (Fsp3) is 0.783. The van der Waals surface area contributed by atoms with Gasteiger partial charge in [-0.3, -0.25) is 4.79 Å². The molecule has 0 aromatic heterocycles. The Labute approximate surface area is 167 Å². The van der Waals surface area contributed by atoms with E-state index in [2.05, 4.69) is 31.2 Å². The number of carbonyl (C=O) groups excluding carboxylic acids is 1. The molecule has 0 fully saturated rings. The molecule has 0 amide bonds. The minimum atomic E-state index is -0.300. The first-order chi connectivity index (χ1) is 13.2. The molecular formula is C23H42O4. The lowest BCUT2D eigenvalue weighted by Gasteiger charge is -2.16. The first-order valence-electron chi connectivity index (χ1n) is 10.7. The number of ether oxygens (including phenoxy) is 3. The van der Waals surface area contributed by atoms with E-state index in [1.165, 1.54) is 44.9 Å². The van der Waals surface area contributed by atoms with Crippen LogP contribution < -0.4 is 0 Å².